The van der Waals surface area contributed by atoms with Crippen molar-refractivity contribution < 1.29 is 4.79 Å². The molecule has 1 aromatic heterocycles. The van der Waals surface area contributed by atoms with Gasteiger partial charge in [0.1, 0.15) is 0 Å². The molecule has 0 aliphatic carbocycles. The van der Waals surface area contributed by atoms with E-state index in [-0.39, 0.29) is 29.9 Å². The van der Waals surface area contributed by atoms with Crippen LogP contribution in [-0.4, -0.2) is 60.4 Å². The van der Waals surface area contributed by atoms with E-state index in [2.05, 4.69) is 39.8 Å². The SMILES string of the molecule is CCNC(=NCCCC(=O)N1CCc2ccccc21)NC1CCCN(c2cnn(C)c2)C1.I. The molecule has 2 aromatic rings. The highest BCUT2D eigenvalue weighted by Gasteiger charge is 2.24. The highest BCUT2D eigenvalue weighted by Crippen LogP contribution is 2.28. The van der Waals surface area contributed by atoms with Gasteiger partial charge in [-0.2, -0.15) is 5.10 Å². The fourth-order valence-corrected chi connectivity index (χ4v) is 4.57. The van der Waals surface area contributed by atoms with Gasteiger partial charge in [-0.3, -0.25) is 14.5 Å². The summed E-state index contributed by atoms with van der Waals surface area (Å²) >= 11 is 0. The van der Waals surface area contributed by atoms with Gasteiger partial charge in [0.2, 0.25) is 5.91 Å². The molecule has 1 saturated heterocycles. The number of carbonyl (C=O) groups is 1. The summed E-state index contributed by atoms with van der Waals surface area (Å²) in [5, 5.41) is 11.2. The highest BCUT2D eigenvalue weighted by atomic mass is 127. The third-order valence-electron chi connectivity index (χ3n) is 6.17. The van der Waals surface area contributed by atoms with E-state index in [9.17, 15) is 4.79 Å². The molecule has 8 nitrogen and oxygen atoms in total. The first-order chi connectivity index (χ1) is 15.6. The van der Waals surface area contributed by atoms with Crippen molar-refractivity contribution in [3.8, 4) is 0 Å². The van der Waals surface area contributed by atoms with Crippen LogP contribution in [0.2, 0.25) is 0 Å². The summed E-state index contributed by atoms with van der Waals surface area (Å²) in [5.74, 6) is 1.03. The second-order valence-corrected chi connectivity index (χ2v) is 8.59. The molecule has 1 aromatic carbocycles. The Kier molecular flexibility index (Phi) is 9.40. The summed E-state index contributed by atoms with van der Waals surface area (Å²) in [6.07, 6.45) is 8.47. The number of halogens is 1. The number of rotatable bonds is 7. The van der Waals surface area contributed by atoms with E-state index < -0.39 is 0 Å². The smallest absolute Gasteiger partial charge is 0.227 e. The molecule has 1 fully saturated rings. The minimum atomic E-state index is 0. The zero-order valence-corrected chi connectivity index (χ0v) is 22.0. The fourth-order valence-electron chi connectivity index (χ4n) is 4.57. The van der Waals surface area contributed by atoms with E-state index in [4.69, 9.17) is 4.99 Å². The number of aromatic nitrogens is 2. The van der Waals surface area contributed by atoms with Crippen molar-refractivity contribution >= 4 is 47.2 Å². The summed E-state index contributed by atoms with van der Waals surface area (Å²) in [6, 6.07) is 8.54. The number of fused-ring (bicyclic) bond motifs is 1. The van der Waals surface area contributed by atoms with Crippen LogP contribution >= 0.6 is 24.0 Å². The van der Waals surface area contributed by atoms with Crippen LogP contribution in [0.1, 0.15) is 38.2 Å². The van der Waals surface area contributed by atoms with Crippen LogP contribution in [0.25, 0.3) is 0 Å². The molecule has 33 heavy (non-hydrogen) atoms. The Morgan fingerprint density at radius 1 is 1.27 bits per heavy atom. The summed E-state index contributed by atoms with van der Waals surface area (Å²) in [7, 11) is 1.95. The van der Waals surface area contributed by atoms with Crippen LogP contribution in [-0.2, 0) is 18.3 Å². The molecular formula is C24H36IN7O. The van der Waals surface area contributed by atoms with Crippen molar-refractivity contribution in [1.29, 1.82) is 0 Å². The molecule has 3 heterocycles. The highest BCUT2D eigenvalue weighted by molar-refractivity contribution is 14.0. The zero-order valence-electron chi connectivity index (χ0n) is 19.7. The Labute approximate surface area is 213 Å². The monoisotopic (exact) mass is 565 g/mol. The molecule has 0 spiro atoms. The Bertz CT molecular complexity index is 944. The van der Waals surface area contributed by atoms with Gasteiger partial charge in [0.05, 0.1) is 11.9 Å². The average Bonchev–Trinajstić information content (AvgIpc) is 3.43. The minimum Gasteiger partial charge on any atom is -0.367 e. The van der Waals surface area contributed by atoms with Crippen molar-refractivity contribution in [2.75, 3.05) is 42.5 Å². The standard InChI is InChI=1S/C24H35N7O.HI/c1-3-25-24(28-20-9-7-14-30(17-20)21-16-27-29(2)18-21)26-13-6-11-23(32)31-15-12-19-8-4-5-10-22(19)31;/h4-5,8,10,16,18,20H,3,6-7,9,11-15,17H2,1-2H3,(H2,25,26,28);1H. The first-order valence-electron chi connectivity index (χ1n) is 11.8. The fraction of sp³-hybridized carbons (Fsp3) is 0.542. The number of piperidine rings is 1. The summed E-state index contributed by atoms with van der Waals surface area (Å²) in [4.78, 5) is 21.8. The maximum atomic E-state index is 12.7. The normalized spacial score (nSPS) is 18.0. The van der Waals surface area contributed by atoms with E-state index in [1.165, 1.54) is 11.3 Å². The molecule has 0 radical (unpaired) electrons. The number of aryl methyl sites for hydroxylation is 1. The lowest BCUT2D eigenvalue weighted by Gasteiger charge is -2.34. The number of anilines is 2. The van der Waals surface area contributed by atoms with Gasteiger partial charge < -0.3 is 20.4 Å². The largest absolute Gasteiger partial charge is 0.367 e. The van der Waals surface area contributed by atoms with E-state index in [1.807, 2.05) is 41.0 Å². The summed E-state index contributed by atoms with van der Waals surface area (Å²) in [6.45, 7) is 6.31. The first kappa shape index (κ1) is 25.3. The van der Waals surface area contributed by atoms with Gasteiger partial charge >= 0.3 is 0 Å². The number of guanidine groups is 1. The van der Waals surface area contributed by atoms with Gasteiger partial charge in [0.15, 0.2) is 5.96 Å². The molecule has 0 saturated carbocycles. The molecule has 2 N–H and O–H groups in total. The van der Waals surface area contributed by atoms with E-state index >= 15 is 0 Å². The minimum absolute atomic E-state index is 0. The number of hydrogen-bond donors (Lipinski definition) is 2. The predicted octanol–water partition coefficient (Wildman–Crippen LogP) is 2.93. The number of aliphatic imine (C=N–C) groups is 1. The predicted molar refractivity (Wildman–Crippen MR) is 145 cm³/mol. The van der Waals surface area contributed by atoms with Gasteiger partial charge in [0, 0.05) is 64.1 Å². The van der Waals surface area contributed by atoms with E-state index in [0.717, 1.165) is 63.5 Å². The van der Waals surface area contributed by atoms with Crippen LogP contribution in [0.15, 0.2) is 41.7 Å². The maximum Gasteiger partial charge on any atom is 0.227 e. The topological polar surface area (TPSA) is 77.8 Å². The number of nitrogens with zero attached hydrogens (tertiary/aromatic N) is 5. The molecule has 2 aliphatic heterocycles. The molecular weight excluding hydrogens is 529 g/mol. The molecule has 9 heteroatoms. The number of amides is 1. The number of carbonyl (C=O) groups excluding carboxylic acids is 1. The van der Waals surface area contributed by atoms with Gasteiger partial charge in [0.25, 0.3) is 0 Å². The van der Waals surface area contributed by atoms with Gasteiger partial charge in [-0.25, -0.2) is 0 Å². The molecule has 180 valence electrons. The van der Waals surface area contributed by atoms with Crippen molar-refractivity contribution in [3.63, 3.8) is 0 Å². The second kappa shape index (κ2) is 12.2. The second-order valence-electron chi connectivity index (χ2n) is 8.59. The lowest BCUT2D eigenvalue weighted by molar-refractivity contribution is -0.118. The summed E-state index contributed by atoms with van der Waals surface area (Å²) in [5.41, 5.74) is 3.51. The van der Waals surface area contributed by atoms with Crippen molar-refractivity contribution in [3.05, 3.63) is 42.2 Å². The molecule has 2 aliphatic rings. The Morgan fingerprint density at radius 3 is 2.91 bits per heavy atom. The van der Waals surface area contributed by atoms with Gasteiger partial charge in [-0.1, -0.05) is 18.2 Å². The van der Waals surface area contributed by atoms with Crippen LogP contribution in [0, 0.1) is 0 Å². The third-order valence-corrected chi connectivity index (χ3v) is 6.17. The van der Waals surface area contributed by atoms with Crippen LogP contribution < -0.4 is 20.4 Å². The van der Waals surface area contributed by atoms with Gasteiger partial charge in [-0.15, -0.1) is 24.0 Å². The molecule has 4 rings (SSSR count). The lowest BCUT2D eigenvalue weighted by atomic mass is 10.1. The third kappa shape index (κ3) is 6.61. The van der Waals surface area contributed by atoms with Crippen LogP contribution in [0.3, 0.4) is 0 Å². The summed E-state index contributed by atoms with van der Waals surface area (Å²) < 4.78 is 1.85. The number of nitrogens with one attached hydrogen (secondary N) is 2. The average molecular weight is 566 g/mol. The van der Waals surface area contributed by atoms with Crippen molar-refractivity contribution in [2.24, 2.45) is 12.0 Å². The zero-order chi connectivity index (χ0) is 22.3. The number of benzene rings is 1. The van der Waals surface area contributed by atoms with Crippen LogP contribution in [0.4, 0.5) is 11.4 Å². The number of para-hydroxylation sites is 1. The Balaban J connectivity index is 0.00000306. The Hall–Kier alpha value is -2.30. The molecule has 1 amide bonds. The first-order valence-corrected chi connectivity index (χ1v) is 11.8. The quantitative estimate of drug-likeness (QED) is 0.234. The molecule has 1 atom stereocenters. The van der Waals surface area contributed by atoms with Crippen LogP contribution in [0.5, 0.6) is 0 Å². The maximum absolute atomic E-state index is 12.7. The molecule has 0 bridgehead atoms. The van der Waals surface area contributed by atoms with E-state index in [1.54, 1.807) is 0 Å². The van der Waals surface area contributed by atoms with Crippen molar-refractivity contribution in [1.82, 2.24) is 20.4 Å². The van der Waals surface area contributed by atoms with Gasteiger partial charge in [-0.05, 0) is 44.2 Å². The van der Waals surface area contributed by atoms with Crippen molar-refractivity contribution in [2.45, 2.75) is 45.1 Å². The lowest BCUT2D eigenvalue weighted by Crippen LogP contribution is -2.51. The molecule has 1 unspecified atom stereocenters. The Morgan fingerprint density at radius 2 is 2.12 bits per heavy atom. The number of hydrogen-bond acceptors (Lipinski definition) is 4. The van der Waals surface area contributed by atoms with E-state index in [0.29, 0.717) is 19.0 Å².